The van der Waals surface area contributed by atoms with E-state index in [1.807, 2.05) is 0 Å². The zero-order valence-corrected chi connectivity index (χ0v) is 3.14. The molecule has 2 heteroatoms. The smallest absolute Gasteiger partial charge is 0.262 e. The molecule has 0 saturated heterocycles. The summed E-state index contributed by atoms with van der Waals surface area (Å²) in [6, 6.07) is 0. The first-order valence-corrected chi connectivity index (χ1v) is 1.64. The van der Waals surface area contributed by atoms with Crippen molar-refractivity contribution in [3.8, 4) is 0 Å². The molecule has 1 rings (SSSR count). The molecule has 0 radical (unpaired) electrons. The van der Waals surface area contributed by atoms with Gasteiger partial charge in [-0.3, -0.25) is 4.84 Å². The summed E-state index contributed by atoms with van der Waals surface area (Å²) in [7, 11) is 0. The van der Waals surface area contributed by atoms with Crippen molar-refractivity contribution in [3.05, 3.63) is 24.6 Å². The van der Waals surface area contributed by atoms with Gasteiger partial charge in [0, 0.05) is 0 Å². The van der Waals surface area contributed by atoms with Crippen molar-refractivity contribution in [2.24, 2.45) is 0 Å². The van der Waals surface area contributed by atoms with E-state index in [0.717, 1.165) is 0 Å². The number of allylic oxidation sites excluding steroid dienone is 2. The maximum absolute atomic E-state index is 4.52. The van der Waals surface area contributed by atoms with Crippen LogP contribution in [0.1, 0.15) is 0 Å². The van der Waals surface area contributed by atoms with Gasteiger partial charge in [-0.2, -0.15) is 5.48 Å². The number of rotatable bonds is 0. The average Bonchev–Trinajstić information content (AvgIpc) is 1.72. The molecule has 0 atom stereocenters. The normalized spacial score (nSPS) is 14.7. The Morgan fingerprint density at radius 2 is 2.67 bits per heavy atom. The molecule has 0 unspecified atom stereocenters. The predicted octanol–water partition coefficient (Wildman–Crippen LogP) is 0.352. The minimum Gasteiger partial charge on any atom is -0.295 e. The highest BCUT2D eigenvalue weighted by Gasteiger charge is 1.86. The number of nitrogens with one attached hydrogen (secondary N) is 1. The van der Waals surface area contributed by atoms with Crippen LogP contribution in [0.3, 0.4) is 0 Å². The van der Waals surface area contributed by atoms with Crippen molar-refractivity contribution < 1.29 is 4.84 Å². The van der Waals surface area contributed by atoms with E-state index in [1.54, 1.807) is 12.3 Å². The molecule has 0 aromatic carbocycles. The Morgan fingerprint density at radius 3 is 2.83 bits per heavy atom. The summed E-state index contributed by atoms with van der Waals surface area (Å²) in [5, 5.41) is 0. The Labute approximate surface area is 36.1 Å². The molecule has 0 spiro atoms. The Kier molecular flexibility index (Phi) is 0.762. The molecule has 0 aliphatic carbocycles. The van der Waals surface area contributed by atoms with E-state index in [2.05, 4.69) is 16.4 Å². The first-order valence-electron chi connectivity index (χ1n) is 1.64. The first-order chi connectivity index (χ1) is 3.00. The molecule has 0 aromatic rings. The molecule has 2 nitrogen and oxygen atoms in total. The summed E-state index contributed by atoms with van der Waals surface area (Å²) in [4.78, 5) is 4.52. The minimum atomic E-state index is 1.51. The topological polar surface area (TPSA) is 21.3 Å². The van der Waals surface area contributed by atoms with Crippen LogP contribution in [0.25, 0.3) is 0 Å². The van der Waals surface area contributed by atoms with Crippen LogP contribution in [0.5, 0.6) is 0 Å². The van der Waals surface area contributed by atoms with E-state index in [4.69, 9.17) is 0 Å². The molecule has 1 heterocycles. The second-order valence-electron chi connectivity index (χ2n) is 0.849. The van der Waals surface area contributed by atoms with Gasteiger partial charge in [-0.05, 0) is 0 Å². The van der Waals surface area contributed by atoms with Gasteiger partial charge in [0.2, 0.25) is 6.08 Å². The van der Waals surface area contributed by atoms with Crippen LogP contribution in [-0.4, -0.2) is 0 Å². The molecule has 0 bridgehead atoms. The Morgan fingerprint density at radius 1 is 1.67 bits per heavy atom. The number of hydrogen-bond acceptors (Lipinski definition) is 2. The molecule has 1 aliphatic heterocycles. The van der Waals surface area contributed by atoms with Crippen molar-refractivity contribution in [2.75, 3.05) is 0 Å². The summed E-state index contributed by atoms with van der Waals surface area (Å²) < 4.78 is 0. The molecular formula is C4H4NO+. The molecule has 1 N–H and O–H groups in total. The van der Waals surface area contributed by atoms with Gasteiger partial charge in [0.25, 0.3) is 6.26 Å². The first kappa shape index (κ1) is 3.19. The van der Waals surface area contributed by atoms with E-state index in [-0.39, 0.29) is 0 Å². The molecule has 0 fully saturated rings. The highest BCUT2D eigenvalue weighted by Crippen LogP contribution is 1.79. The molecule has 30 valence electrons. The van der Waals surface area contributed by atoms with Crippen molar-refractivity contribution in [1.29, 1.82) is 0 Å². The van der Waals surface area contributed by atoms with Crippen LogP contribution in [-0.2, 0) is 4.84 Å². The maximum Gasteiger partial charge on any atom is 0.262 e. The van der Waals surface area contributed by atoms with Crippen molar-refractivity contribution in [2.45, 2.75) is 0 Å². The second-order valence-corrected chi connectivity index (χ2v) is 0.849. The van der Waals surface area contributed by atoms with E-state index in [9.17, 15) is 0 Å². The third-order valence-corrected chi connectivity index (χ3v) is 0.443. The number of hydroxylamine groups is 1. The fourth-order valence-electron chi connectivity index (χ4n) is 0.229. The maximum atomic E-state index is 4.52. The number of hydrogen-bond donors (Lipinski definition) is 1. The summed E-state index contributed by atoms with van der Waals surface area (Å²) in [6.07, 6.45) is 7.52. The molecule has 1 aliphatic rings. The second kappa shape index (κ2) is 1.43. The van der Waals surface area contributed by atoms with Crippen molar-refractivity contribution in [3.63, 3.8) is 0 Å². The molecule has 6 heavy (non-hydrogen) atoms. The fraction of sp³-hybridized carbons (Fsp3) is 0. The molecule has 0 amide bonds. The van der Waals surface area contributed by atoms with Crippen LogP contribution < -0.4 is 5.48 Å². The lowest BCUT2D eigenvalue weighted by atomic mass is 10.6. The molecular weight excluding hydrogens is 78.0 g/mol. The highest BCUT2D eigenvalue weighted by atomic mass is 16.6. The van der Waals surface area contributed by atoms with Gasteiger partial charge >= 0.3 is 0 Å². The minimum absolute atomic E-state index is 1.51. The molecule has 0 saturated carbocycles. The summed E-state index contributed by atoms with van der Waals surface area (Å²) in [6.45, 7) is 0. The lowest BCUT2D eigenvalue weighted by Gasteiger charge is -1.86. The lowest BCUT2D eigenvalue weighted by molar-refractivity contribution is 0.171. The monoisotopic (exact) mass is 82.0 g/mol. The van der Waals surface area contributed by atoms with Crippen LogP contribution in [0, 0.1) is 6.08 Å². The van der Waals surface area contributed by atoms with E-state index >= 15 is 0 Å². The SMILES string of the molecule is [C+]1=CNOC=C1. The third-order valence-electron chi connectivity index (χ3n) is 0.443. The Hall–Kier alpha value is -1.01. The van der Waals surface area contributed by atoms with Crippen LogP contribution in [0.4, 0.5) is 0 Å². The Balaban J connectivity index is 2.46. The van der Waals surface area contributed by atoms with Gasteiger partial charge < -0.3 is 0 Å². The van der Waals surface area contributed by atoms with E-state index in [1.165, 1.54) is 6.26 Å². The van der Waals surface area contributed by atoms with Crippen molar-refractivity contribution >= 4 is 0 Å². The summed E-state index contributed by atoms with van der Waals surface area (Å²) in [5.74, 6) is 0. The van der Waals surface area contributed by atoms with E-state index in [0.29, 0.717) is 0 Å². The zero-order chi connectivity index (χ0) is 4.24. The van der Waals surface area contributed by atoms with Crippen LogP contribution in [0.2, 0.25) is 0 Å². The van der Waals surface area contributed by atoms with Crippen LogP contribution >= 0.6 is 0 Å². The molecule has 0 aromatic heterocycles. The average molecular weight is 82.1 g/mol. The Bertz CT molecular complexity index is 73.5. The summed E-state index contributed by atoms with van der Waals surface area (Å²) >= 11 is 0. The predicted molar refractivity (Wildman–Crippen MR) is 21.2 cm³/mol. The fourth-order valence-corrected chi connectivity index (χ4v) is 0.229. The highest BCUT2D eigenvalue weighted by molar-refractivity contribution is 4.91. The van der Waals surface area contributed by atoms with Gasteiger partial charge in [0.1, 0.15) is 6.08 Å². The van der Waals surface area contributed by atoms with Gasteiger partial charge in [-0.15, -0.1) is 0 Å². The summed E-state index contributed by atoms with van der Waals surface area (Å²) in [5.41, 5.74) is 2.46. The largest absolute Gasteiger partial charge is 0.295 e. The van der Waals surface area contributed by atoms with Crippen molar-refractivity contribution in [1.82, 2.24) is 5.48 Å². The van der Waals surface area contributed by atoms with Gasteiger partial charge in [0.15, 0.2) is 6.20 Å². The van der Waals surface area contributed by atoms with Gasteiger partial charge in [-0.25, -0.2) is 0 Å². The van der Waals surface area contributed by atoms with Gasteiger partial charge in [0.05, 0.1) is 0 Å². The zero-order valence-electron chi connectivity index (χ0n) is 3.14. The van der Waals surface area contributed by atoms with Gasteiger partial charge in [-0.1, -0.05) is 0 Å². The van der Waals surface area contributed by atoms with Crippen LogP contribution in [0.15, 0.2) is 18.5 Å². The quantitative estimate of drug-likeness (QED) is 0.426. The lowest BCUT2D eigenvalue weighted by Crippen LogP contribution is -2.01. The van der Waals surface area contributed by atoms with E-state index < -0.39 is 0 Å². The third kappa shape index (κ3) is 0.476. The standard InChI is InChI=1S/C4H4NO/c1-2-4-6-5-3-1/h2-5H/q+1.